The fraction of sp³-hybridized carbons (Fsp3) is 0.439. The van der Waals surface area contributed by atoms with Crippen LogP contribution in [0.2, 0.25) is 25.2 Å². The highest BCUT2D eigenvalue weighted by molar-refractivity contribution is 8.00. The topological polar surface area (TPSA) is 140 Å². The molecule has 0 saturated heterocycles. The molecule has 5 rings (SSSR count). The number of aliphatic imine (C=N–C) groups is 1. The van der Waals surface area contributed by atoms with Crippen LogP contribution >= 0.6 is 23.5 Å². The van der Waals surface area contributed by atoms with Crippen LogP contribution in [0.3, 0.4) is 0 Å². The zero-order valence-electron chi connectivity index (χ0n) is 44.7. The number of benzene rings is 5. The lowest BCUT2D eigenvalue weighted by molar-refractivity contribution is -0.484. The van der Waals surface area contributed by atoms with Crippen LogP contribution in [0.5, 0.6) is 0 Å². The quantitative estimate of drug-likeness (QED) is 0.0118. The van der Waals surface area contributed by atoms with Gasteiger partial charge in [-0.05, 0) is 131 Å². The molecule has 0 aliphatic heterocycles. The van der Waals surface area contributed by atoms with Gasteiger partial charge in [0.15, 0.2) is 0 Å². The predicted octanol–water partition coefficient (Wildman–Crippen LogP) is 14.5. The van der Waals surface area contributed by atoms with Crippen molar-refractivity contribution in [2.75, 3.05) is 64.1 Å². The van der Waals surface area contributed by atoms with Crippen molar-refractivity contribution in [1.82, 2.24) is 4.90 Å². The summed E-state index contributed by atoms with van der Waals surface area (Å²) in [4.78, 5) is 26.9. The van der Waals surface area contributed by atoms with E-state index >= 15 is 0 Å². The zero-order chi connectivity index (χ0) is 53.7. The van der Waals surface area contributed by atoms with Crippen LogP contribution in [0.4, 0.5) is 5.69 Å². The van der Waals surface area contributed by atoms with Crippen LogP contribution in [-0.4, -0.2) is 97.1 Å². The SMILES string of the molecule is CCN(CC)CC.CCO[Si](C)(CCCSC(C#[N+][O-])(c1ccccc1)c1ccccc1)OCC.CCO[Si](C)(CCCSC(C[N+](=O)[O-])(c1ccccc1)c1ccccc1)OCC.O=C=Nc1ccccc1. The molecule has 0 radical (unpaired) electrons. The molecule has 0 spiro atoms. The molecule has 5 aromatic carbocycles. The molecule has 16 heteroatoms. The Morgan fingerprint density at radius 2 is 0.918 bits per heavy atom. The summed E-state index contributed by atoms with van der Waals surface area (Å²) < 4.78 is 22.3. The van der Waals surface area contributed by atoms with Crippen LogP contribution in [-0.2, 0) is 32.0 Å². The fourth-order valence-corrected chi connectivity index (χ4v) is 16.2. The molecular formula is C57H80N4O8S2Si2. The van der Waals surface area contributed by atoms with Gasteiger partial charge in [0.1, 0.15) is 4.75 Å². The summed E-state index contributed by atoms with van der Waals surface area (Å²) in [7, 11) is -4.33. The number of nitrogens with zero attached hydrogens (tertiary/aromatic N) is 4. The van der Waals surface area contributed by atoms with Crippen LogP contribution in [0.15, 0.2) is 157 Å². The summed E-state index contributed by atoms with van der Waals surface area (Å²) in [6, 6.07) is 53.2. The predicted molar refractivity (Wildman–Crippen MR) is 311 cm³/mol. The molecule has 0 atom stereocenters. The van der Waals surface area contributed by atoms with Crippen molar-refractivity contribution in [2.45, 2.75) is 96.0 Å². The van der Waals surface area contributed by atoms with Crippen molar-refractivity contribution in [2.24, 2.45) is 4.99 Å². The smallest absolute Gasteiger partial charge is 0.334 e. The van der Waals surface area contributed by atoms with Gasteiger partial charge in [-0.25, -0.2) is 4.79 Å². The van der Waals surface area contributed by atoms with E-state index in [1.165, 1.54) is 25.7 Å². The average Bonchev–Trinajstić information content (AvgIpc) is 3.41. The third kappa shape index (κ3) is 23.0. The maximum Gasteiger partial charge on any atom is 0.334 e. The summed E-state index contributed by atoms with van der Waals surface area (Å²) in [5.74, 6) is 1.63. The summed E-state index contributed by atoms with van der Waals surface area (Å²) in [6.45, 7) is 24.8. The first-order valence-corrected chi connectivity index (χ1v) is 32.5. The van der Waals surface area contributed by atoms with Gasteiger partial charge in [0.25, 0.3) is 0 Å². The first-order chi connectivity index (χ1) is 35.3. The minimum absolute atomic E-state index is 0.155. The molecule has 5 aromatic rings. The number of para-hydroxylation sites is 1. The molecule has 396 valence electrons. The van der Waals surface area contributed by atoms with Gasteiger partial charge in [-0.3, -0.25) is 10.1 Å². The summed E-state index contributed by atoms with van der Waals surface area (Å²) in [5.41, 5.74) is 4.57. The van der Waals surface area contributed by atoms with E-state index in [4.69, 9.17) is 17.7 Å². The highest BCUT2D eigenvalue weighted by Crippen LogP contribution is 2.45. The zero-order valence-corrected chi connectivity index (χ0v) is 48.3. The summed E-state index contributed by atoms with van der Waals surface area (Å²) in [6.07, 6.45) is 3.29. The number of nitro groups is 1. The first-order valence-electron chi connectivity index (χ1n) is 25.5. The Balaban J connectivity index is 0.000000384. The molecule has 0 bridgehead atoms. The third-order valence-electron chi connectivity index (χ3n) is 11.7. The Morgan fingerprint density at radius 1 is 0.575 bits per heavy atom. The highest BCUT2D eigenvalue weighted by atomic mass is 32.2. The summed E-state index contributed by atoms with van der Waals surface area (Å²) in [5, 5.41) is 26.1. The van der Waals surface area contributed by atoms with Crippen molar-refractivity contribution in [3.63, 3.8) is 0 Å². The number of hydrogen-bond donors (Lipinski definition) is 0. The van der Waals surface area contributed by atoms with E-state index in [1.54, 1.807) is 35.7 Å². The van der Waals surface area contributed by atoms with Crippen molar-refractivity contribution >= 4 is 52.4 Å². The normalized spacial score (nSPS) is 11.3. The highest BCUT2D eigenvalue weighted by Gasteiger charge is 2.42. The molecule has 0 heterocycles. The van der Waals surface area contributed by atoms with Crippen LogP contribution < -0.4 is 0 Å². The second-order valence-electron chi connectivity index (χ2n) is 16.7. The monoisotopic (exact) mass is 1070 g/mol. The maximum absolute atomic E-state index is 11.7. The van der Waals surface area contributed by atoms with Gasteiger partial charge in [-0.1, -0.05) is 160 Å². The second kappa shape index (κ2) is 36.9. The van der Waals surface area contributed by atoms with Crippen LogP contribution in [0.1, 0.15) is 83.6 Å². The minimum Gasteiger partial charge on any atom is -0.498 e. The number of isocyanates is 1. The molecule has 0 N–H and O–H groups in total. The molecule has 0 saturated carbocycles. The fourth-order valence-electron chi connectivity index (χ4n) is 8.14. The van der Waals surface area contributed by atoms with Crippen LogP contribution in [0, 0.1) is 21.4 Å². The van der Waals surface area contributed by atoms with Gasteiger partial charge >= 0.3 is 23.2 Å². The standard InChI is InChI=1S/C22H31NO4SSi.C22H29NO3SSi.C7H5NO.C6H15N/c1-4-26-29(3,27-5-2)18-12-17-28-22(19-23(24)25,20-13-8-6-9-14-20)21-15-10-7-11-16-21;1-4-25-28(3,26-5-2)18-12-17-27-22(19-23-24,20-13-8-6-9-14-20)21-15-10-7-11-16-21;9-6-8-7-4-2-1-3-5-7;1-4-7(5-2)6-3/h6-11,13-16H,4-5,12,17-19H2,1-3H3;6-11,13-16H,4-5,12,17-18H2,1-3H3;1-5H;4-6H2,1-3H3. The second-order valence-corrected chi connectivity index (χ2v) is 26.1. The van der Waals surface area contributed by atoms with E-state index in [1.807, 2.05) is 167 Å². The lowest BCUT2D eigenvalue weighted by atomic mass is 9.90. The molecule has 12 nitrogen and oxygen atoms in total. The third-order valence-corrected chi connectivity index (χ3v) is 20.9. The number of rotatable bonds is 28. The van der Waals surface area contributed by atoms with Crippen molar-refractivity contribution in [3.8, 4) is 6.07 Å². The Kier molecular flexibility index (Phi) is 32.5. The average molecular weight is 1070 g/mol. The maximum atomic E-state index is 11.7. The van der Waals surface area contributed by atoms with Crippen LogP contribution in [0.25, 0.3) is 5.01 Å². The molecule has 0 unspecified atom stereocenters. The lowest BCUT2D eigenvalue weighted by Crippen LogP contribution is -2.39. The molecule has 0 amide bonds. The molecular weight excluding hydrogens is 989 g/mol. The van der Waals surface area contributed by atoms with Gasteiger partial charge in [-0.2, -0.15) is 4.99 Å². The minimum atomic E-state index is -2.18. The van der Waals surface area contributed by atoms with Gasteiger partial charge < -0.3 is 27.8 Å². The van der Waals surface area contributed by atoms with Gasteiger partial charge in [0, 0.05) is 36.4 Å². The van der Waals surface area contributed by atoms with Gasteiger partial charge in [0.05, 0.1) is 5.69 Å². The molecule has 0 aromatic heterocycles. The lowest BCUT2D eigenvalue weighted by Gasteiger charge is -2.31. The Bertz CT molecular complexity index is 2210. The number of thioether (sulfide) groups is 2. The van der Waals surface area contributed by atoms with E-state index in [-0.39, 0.29) is 11.5 Å². The first kappa shape index (κ1) is 64.2. The number of hydrogen-bond acceptors (Lipinski definition) is 12. The van der Waals surface area contributed by atoms with E-state index in [9.17, 15) is 20.1 Å². The van der Waals surface area contributed by atoms with Gasteiger partial charge in [-0.15, -0.1) is 23.5 Å². The van der Waals surface area contributed by atoms with Crippen molar-refractivity contribution in [3.05, 3.63) is 194 Å². The molecule has 73 heavy (non-hydrogen) atoms. The molecule has 0 aliphatic rings. The Hall–Kier alpha value is -4.90. The van der Waals surface area contributed by atoms with Gasteiger partial charge in [0.2, 0.25) is 17.4 Å². The van der Waals surface area contributed by atoms with Crippen molar-refractivity contribution < 1.29 is 27.4 Å². The Morgan fingerprint density at radius 3 is 1.22 bits per heavy atom. The van der Waals surface area contributed by atoms with E-state index in [0.29, 0.717) is 32.1 Å². The van der Waals surface area contributed by atoms with E-state index in [0.717, 1.165) is 58.7 Å². The number of carbonyl (C=O) groups excluding carboxylic acids is 1. The van der Waals surface area contributed by atoms with Crippen molar-refractivity contribution in [1.29, 1.82) is 0 Å². The molecule has 0 fully saturated rings. The summed E-state index contributed by atoms with van der Waals surface area (Å²) >= 11 is 3.33. The van der Waals surface area contributed by atoms with E-state index in [2.05, 4.69) is 54.8 Å². The molecule has 0 aliphatic carbocycles. The van der Waals surface area contributed by atoms with E-state index < -0.39 is 26.6 Å². The Labute approximate surface area is 447 Å². The largest absolute Gasteiger partial charge is 0.498 e.